The predicted octanol–water partition coefficient (Wildman–Crippen LogP) is 3.55. The van der Waals surface area contributed by atoms with Gasteiger partial charge < -0.3 is 9.64 Å². The van der Waals surface area contributed by atoms with Crippen LogP contribution in [0.2, 0.25) is 0 Å². The van der Waals surface area contributed by atoms with E-state index < -0.39 is 0 Å². The first-order valence-corrected chi connectivity index (χ1v) is 10.5. The van der Waals surface area contributed by atoms with Gasteiger partial charge in [-0.15, -0.1) is 0 Å². The summed E-state index contributed by atoms with van der Waals surface area (Å²) in [4.78, 5) is 21.1. The average molecular weight is 386 g/mol. The number of carbonyl (C=O) groups is 1. The molecule has 27 heavy (non-hydrogen) atoms. The van der Waals surface area contributed by atoms with E-state index in [-0.39, 0.29) is 5.91 Å². The Labute approximate surface area is 165 Å². The molecule has 1 saturated heterocycles. The van der Waals surface area contributed by atoms with Gasteiger partial charge in [-0.3, -0.25) is 9.69 Å². The fourth-order valence-corrected chi connectivity index (χ4v) is 5.02. The van der Waals surface area contributed by atoms with Gasteiger partial charge in [-0.2, -0.15) is 11.3 Å². The van der Waals surface area contributed by atoms with Crippen molar-refractivity contribution in [2.24, 2.45) is 5.41 Å². The molecule has 1 aliphatic carbocycles. The van der Waals surface area contributed by atoms with Crippen molar-refractivity contribution in [3.05, 3.63) is 46.3 Å². The summed E-state index contributed by atoms with van der Waals surface area (Å²) in [6.45, 7) is 5.58. The van der Waals surface area contributed by atoms with E-state index in [4.69, 9.17) is 4.74 Å². The van der Waals surface area contributed by atoms with E-state index in [1.54, 1.807) is 25.4 Å². The van der Waals surface area contributed by atoms with Crippen LogP contribution in [-0.2, 0) is 17.9 Å². The molecule has 1 amide bonds. The molecule has 2 aliphatic rings. The molecule has 2 fully saturated rings. The number of ether oxygens (including phenoxy) is 1. The van der Waals surface area contributed by atoms with E-state index in [0.29, 0.717) is 17.3 Å². The largest absolute Gasteiger partial charge is 0.481 e. The summed E-state index contributed by atoms with van der Waals surface area (Å²) in [5.41, 5.74) is 2.82. The SMILES string of the molecule is COc1ccc(CN2CCC3(CC2)CC3N(Cc2ccsc2)C(C)=O)cn1. The first kappa shape index (κ1) is 18.4. The number of carbonyl (C=O) groups excluding carboxylic acids is 1. The van der Waals surface area contributed by atoms with Crippen LogP contribution in [0, 0.1) is 5.41 Å². The smallest absolute Gasteiger partial charge is 0.220 e. The Hall–Kier alpha value is -1.92. The highest BCUT2D eigenvalue weighted by atomic mass is 32.1. The number of hydrogen-bond acceptors (Lipinski definition) is 5. The van der Waals surface area contributed by atoms with E-state index >= 15 is 0 Å². The lowest BCUT2D eigenvalue weighted by Gasteiger charge is -2.34. The maximum absolute atomic E-state index is 12.2. The lowest BCUT2D eigenvalue weighted by Crippen LogP contribution is -2.39. The number of rotatable bonds is 6. The van der Waals surface area contributed by atoms with Crippen LogP contribution in [0.4, 0.5) is 0 Å². The first-order chi connectivity index (χ1) is 13.1. The van der Waals surface area contributed by atoms with E-state index in [9.17, 15) is 4.79 Å². The molecule has 144 valence electrons. The van der Waals surface area contributed by atoms with Gasteiger partial charge in [0.2, 0.25) is 11.8 Å². The highest BCUT2D eigenvalue weighted by Crippen LogP contribution is 2.57. The fraction of sp³-hybridized carbons (Fsp3) is 0.524. The van der Waals surface area contributed by atoms with Gasteiger partial charge in [0, 0.05) is 38.3 Å². The number of hydrogen-bond donors (Lipinski definition) is 0. The summed E-state index contributed by atoms with van der Waals surface area (Å²) >= 11 is 1.70. The second-order valence-electron chi connectivity index (χ2n) is 7.85. The lowest BCUT2D eigenvalue weighted by molar-refractivity contribution is -0.130. The van der Waals surface area contributed by atoms with Crippen LogP contribution < -0.4 is 4.74 Å². The summed E-state index contributed by atoms with van der Waals surface area (Å²) in [5.74, 6) is 0.863. The number of thiophene rings is 1. The maximum atomic E-state index is 12.2. The summed E-state index contributed by atoms with van der Waals surface area (Å²) in [6.07, 6.45) is 5.42. The Kier molecular flexibility index (Phi) is 5.19. The molecule has 2 aromatic rings. The summed E-state index contributed by atoms with van der Waals surface area (Å²) in [7, 11) is 1.64. The van der Waals surface area contributed by atoms with Crippen LogP contribution in [0.3, 0.4) is 0 Å². The third kappa shape index (κ3) is 4.01. The van der Waals surface area contributed by atoms with Gasteiger partial charge in [0.05, 0.1) is 7.11 Å². The molecule has 2 aromatic heterocycles. The molecular weight excluding hydrogens is 358 g/mol. The third-order valence-electron chi connectivity index (χ3n) is 6.13. The molecule has 1 spiro atoms. The second-order valence-corrected chi connectivity index (χ2v) is 8.63. The van der Waals surface area contributed by atoms with Gasteiger partial charge in [-0.1, -0.05) is 6.07 Å². The molecule has 1 unspecified atom stereocenters. The zero-order valence-electron chi connectivity index (χ0n) is 16.1. The van der Waals surface area contributed by atoms with E-state index in [1.807, 2.05) is 12.3 Å². The van der Waals surface area contributed by atoms with Crippen LogP contribution >= 0.6 is 11.3 Å². The normalized spacial score (nSPS) is 21.2. The standard InChI is InChI=1S/C21H27N3O2S/c1-16(25)24(14-18-5-10-27-15-18)19-11-21(19)6-8-23(9-7-21)13-17-3-4-20(26-2)22-12-17/h3-5,10,12,15,19H,6-9,11,13-14H2,1-2H3. The van der Waals surface area contributed by atoms with Crippen molar-refractivity contribution in [3.8, 4) is 5.88 Å². The molecule has 0 bridgehead atoms. The van der Waals surface area contributed by atoms with Crippen LogP contribution in [0.1, 0.15) is 37.3 Å². The molecule has 0 aromatic carbocycles. The molecule has 5 nitrogen and oxygen atoms in total. The van der Waals surface area contributed by atoms with E-state index in [1.165, 1.54) is 24.0 Å². The van der Waals surface area contributed by atoms with Crippen molar-refractivity contribution in [2.45, 2.75) is 45.3 Å². The van der Waals surface area contributed by atoms with Crippen molar-refractivity contribution < 1.29 is 9.53 Å². The van der Waals surface area contributed by atoms with Crippen LogP contribution in [0.25, 0.3) is 0 Å². The van der Waals surface area contributed by atoms with Gasteiger partial charge >= 0.3 is 0 Å². The first-order valence-electron chi connectivity index (χ1n) is 9.59. The number of pyridine rings is 1. The minimum atomic E-state index is 0.204. The predicted molar refractivity (Wildman–Crippen MR) is 107 cm³/mol. The number of amides is 1. The molecule has 1 aliphatic heterocycles. The number of nitrogens with zero attached hydrogens (tertiary/aromatic N) is 3. The quantitative estimate of drug-likeness (QED) is 0.763. The van der Waals surface area contributed by atoms with Gasteiger partial charge in [-0.05, 0) is 65.7 Å². The summed E-state index contributed by atoms with van der Waals surface area (Å²) in [5, 5.41) is 4.24. The molecule has 1 atom stereocenters. The van der Waals surface area contributed by atoms with Crippen molar-refractivity contribution >= 4 is 17.2 Å². The summed E-state index contributed by atoms with van der Waals surface area (Å²) < 4.78 is 5.13. The molecule has 0 radical (unpaired) electrons. The molecule has 3 heterocycles. The average Bonchev–Trinajstić information content (AvgIpc) is 3.11. The molecular formula is C21H27N3O2S. The van der Waals surface area contributed by atoms with Gasteiger partial charge in [0.1, 0.15) is 0 Å². The zero-order valence-corrected chi connectivity index (χ0v) is 16.9. The van der Waals surface area contributed by atoms with Crippen LogP contribution in [0.15, 0.2) is 35.2 Å². The van der Waals surface area contributed by atoms with Crippen molar-refractivity contribution in [1.29, 1.82) is 0 Å². The van der Waals surface area contributed by atoms with Crippen molar-refractivity contribution in [3.63, 3.8) is 0 Å². The highest BCUT2D eigenvalue weighted by Gasteiger charge is 2.58. The molecule has 1 saturated carbocycles. The Morgan fingerprint density at radius 3 is 2.74 bits per heavy atom. The number of likely N-dealkylation sites (tertiary alicyclic amines) is 1. The topological polar surface area (TPSA) is 45.7 Å². The minimum absolute atomic E-state index is 0.204. The van der Waals surface area contributed by atoms with Crippen LogP contribution in [-0.4, -0.2) is 46.9 Å². The van der Waals surface area contributed by atoms with Gasteiger partial charge in [0.15, 0.2) is 0 Å². The van der Waals surface area contributed by atoms with Gasteiger partial charge in [0.25, 0.3) is 0 Å². The highest BCUT2D eigenvalue weighted by molar-refractivity contribution is 7.07. The Balaban J connectivity index is 1.32. The molecule has 4 rings (SSSR count). The summed E-state index contributed by atoms with van der Waals surface area (Å²) in [6, 6.07) is 6.56. The molecule has 0 N–H and O–H groups in total. The van der Waals surface area contributed by atoms with E-state index in [0.717, 1.165) is 32.6 Å². The van der Waals surface area contributed by atoms with Crippen molar-refractivity contribution in [2.75, 3.05) is 20.2 Å². The third-order valence-corrected chi connectivity index (χ3v) is 6.86. The lowest BCUT2D eigenvalue weighted by atomic mass is 9.92. The minimum Gasteiger partial charge on any atom is -0.481 e. The van der Waals surface area contributed by atoms with E-state index in [2.05, 4.69) is 37.7 Å². The Morgan fingerprint density at radius 1 is 1.33 bits per heavy atom. The Bertz CT molecular complexity index is 767. The number of aromatic nitrogens is 1. The fourth-order valence-electron chi connectivity index (χ4n) is 4.36. The molecule has 6 heteroatoms. The van der Waals surface area contributed by atoms with Crippen LogP contribution in [0.5, 0.6) is 5.88 Å². The number of methoxy groups -OCH3 is 1. The zero-order chi connectivity index (χ0) is 18.9. The number of piperidine rings is 1. The van der Waals surface area contributed by atoms with Gasteiger partial charge in [-0.25, -0.2) is 4.98 Å². The maximum Gasteiger partial charge on any atom is 0.220 e. The Morgan fingerprint density at radius 2 is 2.15 bits per heavy atom. The monoisotopic (exact) mass is 385 g/mol. The second kappa shape index (κ2) is 7.60. The van der Waals surface area contributed by atoms with Crippen molar-refractivity contribution in [1.82, 2.24) is 14.8 Å².